The number of nitrogens with zero attached hydrogens (tertiary/aromatic N) is 2. The van der Waals surface area contributed by atoms with E-state index in [4.69, 9.17) is 11.1 Å². The summed E-state index contributed by atoms with van der Waals surface area (Å²) in [7, 11) is -1.98. The Hall–Kier alpha value is -2.35. The summed E-state index contributed by atoms with van der Waals surface area (Å²) in [5, 5.41) is 11.0. The van der Waals surface area contributed by atoms with Crippen LogP contribution in [0.15, 0.2) is 41.6 Å². The zero-order chi connectivity index (χ0) is 14.8. The lowest BCUT2D eigenvalue weighted by Crippen LogP contribution is -2.13. The van der Waals surface area contributed by atoms with E-state index in [0.717, 1.165) is 5.56 Å². The van der Waals surface area contributed by atoms with E-state index in [1.54, 1.807) is 31.3 Å². The standard InChI is InChI=1S/C12H15N5O2S/c1-17-8-11(7-15-17)20(18,19)16-10-4-2-9(3-5-10)6-12(13)14/h2-5,7-8,16H,6H2,1H3,(H3,13,14). The summed E-state index contributed by atoms with van der Waals surface area (Å²) >= 11 is 0. The minimum atomic E-state index is -3.63. The highest BCUT2D eigenvalue weighted by Crippen LogP contribution is 2.16. The molecule has 0 aliphatic carbocycles. The van der Waals surface area contributed by atoms with Crippen LogP contribution in [0.25, 0.3) is 0 Å². The fourth-order valence-corrected chi connectivity index (χ4v) is 2.70. The maximum Gasteiger partial charge on any atom is 0.265 e. The number of nitrogens with two attached hydrogens (primary N) is 1. The fraction of sp³-hybridized carbons (Fsp3) is 0.167. The van der Waals surface area contributed by atoms with Crippen LogP contribution in [0.2, 0.25) is 0 Å². The second-order valence-corrected chi connectivity index (χ2v) is 6.04. The molecule has 2 rings (SSSR count). The van der Waals surface area contributed by atoms with Gasteiger partial charge >= 0.3 is 0 Å². The van der Waals surface area contributed by atoms with Crippen molar-refractivity contribution in [2.24, 2.45) is 12.8 Å². The summed E-state index contributed by atoms with van der Waals surface area (Å²) in [4.78, 5) is 0.104. The summed E-state index contributed by atoms with van der Waals surface area (Å²) in [6, 6.07) is 6.71. The van der Waals surface area contributed by atoms with E-state index in [0.29, 0.717) is 12.1 Å². The zero-order valence-corrected chi connectivity index (χ0v) is 11.7. The van der Waals surface area contributed by atoms with Crippen molar-refractivity contribution in [3.63, 3.8) is 0 Å². The van der Waals surface area contributed by atoms with E-state index >= 15 is 0 Å². The van der Waals surface area contributed by atoms with Gasteiger partial charge in [-0.2, -0.15) is 5.10 Å². The first-order valence-corrected chi connectivity index (χ1v) is 7.28. The normalized spacial score (nSPS) is 11.2. The number of rotatable bonds is 5. The lowest BCUT2D eigenvalue weighted by molar-refractivity contribution is 0.601. The van der Waals surface area contributed by atoms with Gasteiger partial charge < -0.3 is 5.73 Å². The van der Waals surface area contributed by atoms with Crippen LogP contribution >= 0.6 is 0 Å². The van der Waals surface area contributed by atoms with Crippen LogP contribution in [0.5, 0.6) is 0 Å². The molecule has 1 aromatic carbocycles. The first-order valence-electron chi connectivity index (χ1n) is 5.80. The van der Waals surface area contributed by atoms with E-state index in [1.165, 1.54) is 17.1 Å². The number of aryl methyl sites for hydroxylation is 1. The lowest BCUT2D eigenvalue weighted by atomic mass is 10.1. The van der Waals surface area contributed by atoms with Crippen molar-refractivity contribution in [2.45, 2.75) is 11.3 Å². The van der Waals surface area contributed by atoms with Crippen LogP contribution in [-0.4, -0.2) is 24.0 Å². The molecule has 0 spiro atoms. The second kappa shape index (κ2) is 5.33. The predicted molar refractivity (Wildman–Crippen MR) is 76.1 cm³/mol. The van der Waals surface area contributed by atoms with Crippen LogP contribution in [0.3, 0.4) is 0 Å². The maximum atomic E-state index is 12.1. The Morgan fingerprint density at radius 2 is 2.05 bits per heavy atom. The molecule has 0 aliphatic heterocycles. The minimum Gasteiger partial charge on any atom is -0.387 e. The third kappa shape index (κ3) is 3.35. The highest BCUT2D eigenvalue weighted by molar-refractivity contribution is 7.92. The van der Waals surface area contributed by atoms with Crippen LogP contribution in [-0.2, 0) is 23.5 Å². The average Bonchev–Trinajstić information content (AvgIpc) is 2.78. The molecule has 0 saturated heterocycles. The molecule has 0 saturated carbocycles. The van der Waals surface area contributed by atoms with Crippen LogP contribution in [0.1, 0.15) is 5.56 Å². The largest absolute Gasteiger partial charge is 0.387 e. The molecule has 0 unspecified atom stereocenters. The van der Waals surface area contributed by atoms with Crippen molar-refractivity contribution in [1.29, 1.82) is 5.41 Å². The highest BCUT2D eigenvalue weighted by Gasteiger charge is 2.15. The van der Waals surface area contributed by atoms with E-state index in [2.05, 4.69) is 9.82 Å². The average molecular weight is 293 g/mol. The van der Waals surface area contributed by atoms with Gasteiger partial charge in [0.2, 0.25) is 0 Å². The number of benzene rings is 1. The van der Waals surface area contributed by atoms with Gasteiger partial charge in [0.1, 0.15) is 4.90 Å². The number of hydrogen-bond acceptors (Lipinski definition) is 4. The maximum absolute atomic E-state index is 12.1. The zero-order valence-electron chi connectivity index (χ0n) is 10.9. The van der Waals surface area contributed by atoms with Crippen molar-refractivity contribution in [1.82, 2.24) is 9.78 Å². The van der Waals surface area contributed by atoms with Gasteiger partial charge in [-0.3, -0.25) is 14.8 Å². The van der Waals surface area contributed by atoms with Crippen LogP contribution < -0.4 is 10.5 Å². The molecule has 2 aromatic rings. The molecule has 0 bridgehead atoms. The second-order valence-electron chi connectivity index (χ2n) is 4.35. The van der Waals surface area contributed by atoms with E-state index in [-0.39, 0.29) is 10.7 Å². The first kappa shape index (κ1) is 14.1. The summed E-state index contributed by atoms with van der Waals surface area (Å²) < 4.78 is 28.0. The Labute approximate surface area is 117 Å². The van der Waals surface area contributed by atoms with Gasteiger partial charge in [0.15, 0.2) is 0 Å². The monoisotopic (exact) mass is 293 g/mol. The summed E-state index contributed by atoms with van der Waals surface area (Å²) in [6.45, 7) is 0. The molecule has 106 valence electrons. The number of aromatic nitrogens is 2. The number of sulfonamides is 1. The van der Waals surface area contributed by atoms with Crippen molar-refractivity contribution in [2.75, 3.05) is 4.72 Å². The van der Waals surface area contributed by atoms with Gasteiger partial charge in [-0.1, -0.05) is 12.1 Å². The summed E-state index contributed by atoms with van der Waals surface area (Å²) in [6.07, 6.45) is 3.05. The van der Waals surface area contributed by atoms with E-state index in [9.17, 15) is 8.42 Å². The first-order chi connectivity index (χ1) is 9.37. The smallest absolute Gasteiger partial charge is 0.265 e. The summed E-state index contributed by atoms with van der Waals surface area (Å²) in [5.41, 5.74) is 6.60. The molecule has 1 aromatic heterocycles. The van der Waals surface area contributed by atoms with Crippen molar-refractivity contribution in [3.05, 3.63) is 42.2 Å². The van der Waals surface area contributed by atoms with Crippen molar-refractivity contribution in [3.8, 4) is 0 Å². The van der Waals surface area contributed by atoms with Gasteiger partial charge in [0.25, 0.3) is 10.0 Å². The Kier molecular flexibility index (Phi) is 3.75. The Morgan fingerprint density at radius 3 is 2.55 bits per heavy atom. The lowest BCUT2D eigenvalue weighted by Gasteiger charge is -2.07. The molecule has 20 heavy (non-hydrogen) atoms. The topological polar surface area (TPSA) is 114 Å². The number of amidine groups is 1. The molecule has 0 aliphatic rings. The number of anilines is 1. The molecule has 0 radical (unpaired) electrons. The van der Waals surface area contributed by atoms with Gasteiger partial charge in [0.05, 0.1) is 12.0 Å². The Morgan fingerprint density at radius 1 is 1.40 bits per heavy atom. The molecule has 0 amide bonds. The van der Waals surface area contributed by atoms with Gasteiger partial charge in [-0.15, -0.1) is 0 Å². The number of nitrogens with one attached hydrogen (secondary N) is 2. The molecule has 8 heteroatoms. The Balaban J connectivity index is 2.15. The van der Waals surface area contributed by atoms with E-state index < -0.39 is 10.0 Å². The molecule has 0 fully saturated rings. The van der Waals surface area contributed by atoms with Gasteiger partial charge in [-0.05, 0) is 17.7 Å². The quantitative estimate of drug-likeness (QED) is 0.556. The van der Waals surface area contributed by atoms with Gasteiger partial charge in [0, 0.05) is 25.4 Å². The molecular weight excluding hydrogens is 278 g/mol. The van der Waals surface area contributed by atoms with Crippen LogP contribution in [0.4, 0.5) is 5.69 Å². The van der Waals surface area contributed by atoms with Crippen LogP contribution in [0, 0.1) is 5.41 Å². The molecule has 7 nitrogen and oxygen atoms in total. The molecule has 4 N–H and O–H groups in total. The summed E-state index contributed by atoms with van der Waals surface area (Å²) in [5.74, 6) is 0.0636. The SMILES string of the molecule is Cn1cc(S(=O)(=O)Nc2ccc(CC(=N)N)cc2)cn1. The van der Waals surface area contributed by atoms with Crippen molar-refractivity contribution < 1.29 is 8.42 Å². The predicted octanol–water partition coefficient (Wildman–Crippen LogP) is 0.699. The van der Waals surface area contributed by atoms with E-state index in [1.807, 2.05) is 0 Å². The molecule has 1 heterocycles. The van der Waals surface area contributed by atoms with Crippen molar-refractivity contribution >= 4 is 21.5 Å². The highest BCUT2D eigenvalue weighted by atomic mass is 32.2. The minimum absolute atomic E-state index is 0.0636. The third-order valence-corrected chi connectivity index (χ3v) is 3.93. The number of hydrogen-bond donors (Lipinski definition) is 3. The fourth-order valence-electron chi connectivity index (χ4n) is 1.66. The third-order valence-electron chi connectivity index (χ3n) is 2.59. The molecular formula is C12H15N5O2S. The molecule has 0 atom stereocenters. The Bertz CT molecular complexity index is 719. The van der Waals surface area contributed by atoms with Gasteiger partial charge in [-0.25, -0.2) is 8.42 Å².